The van der Waals surface area contributed by atoms with Crippen molar-refractivity contribution in [3.63, 3.8) is 0 Å². The molecule has 0 spiro atoms. The second-order valence-electron chi connectivity index (χ2n) is 8.59. The highest BCUT2D eigenvalue weighted by Crippen LogP contribution is 2.32. The molecular formula is C24H33NO. The van der Waals surface area contributed by atoms with Crippen LogP contribution in [0.15, 0.2) is 60.7 Å². The summed E-state index contributed by atoms with van der Waals surface area (Å²) in [5.41, 5.74) is 2.97. The molecule has 1 saturated heterocycles. The molecule has 2 heteroatoms. The molecule has 2 nitrogen and oxygen atoms in total. The van der Waals surface area contributed by atoms with Crippen LogP contribution in [0.4, 0.5) is 0 Å². The molecule has 1 N–H and O–H groups in total. The zero-order valence-electron chi connectivity index (χ0n) is 16.5. The van der Waals surface area contributed by atoms with Crippen LogP contribution in [0.2, 0.25) is 0 Å². The fourth-order valence-electron chi connectivity index (χ4n) is 4.18. The quantitative estimate of drug-likeness (QED) is 0.747. The fraction of sp³-hybridized carbons (Fsp3) is 0.500. The van der Waals surface area contributed by atoms with Crippen LogP contribution in [0.1, 0.15) is 51.2 Å². The topological polar surface area (TPSA) is 21.3 Å². The van der Waals surface area contributed by atoms with Gasteiger partial charge in [0.05, 0.1) is 5.60 Å². The highest BCUT2D eigenvalue weighted by atomic mass is 16.5. The number of ether oxygens (including phenoxy) is 1. The summed E-state index contributed by atoms with van der Waals surface area (Å²) in [6.45, 7) is 8.71. The van der Waals surface area contributed by atoms with E-state index in [9.17, 15) is 0 Å². The van der Waals surface area contributed by atoms with E-state index < -0.39 is 0 Å². The van der Waals surface area contributed by atoms with E-state index in [1.165, 1.54) is 11.1 Å². The minimum atomic E-state index is 0.00267. The number of hydrogen-bond acceptors (Lipinski definition) is 2. The monoisotopic (exact) mass is 351 g/mol. The first-order valence-electron chi connectivity index (χ1n) is 9.94. The lowest BCUT2D eigenvalue weighted by atomic mass is 9.74. The van der Waals surface area contributed by atoms with Crippen LogP contribution < -0.4 is 5.32 Å². The Labute approximate surface area is 159 Å². The molecule has 3 rings (SSSR count). The van der Waals surface area contributed by atoms with E-state index in [0.717, 1.165) is 38.8 Å². The Balaban J connectivity index is 1.66. The molecule has 1 aliphatic rings. The number of nitrogens with one attached hydrogen (secondary N) is 1. The van der Waals surface area contributed by atoms with Crippen LogP contribution >= 0.6 is 0 Å². The smallest absolute Gasteiger partial charge is 0.0641 e. The maximum absolute atomic E-state index is 5.85. The molecule has 0 saturated carbocycles. The van der Waals surface area contributed by atoms with Gasteiger partial charge in [-0.05, 0) is 62.6 Å². The van der Waals surface area contributed by atoms with Crippen molar-refractivity contribution in [2.45, 2.75) is 63.5 Å². The standard InChI is InChI=1S/C24H33NO/c1-23(2)19-22(14-17-26-23)25-16-15-24(3,21-12-8-5-9-13-21)18-20-10-6-4-7-11-20/h4-13,22,25H,14-19H2,1-3H3/t22-,24+/m1/s1. The zero-order chi connectivity index (χ0) is 18.5. The Morgan fingerprint density at radius 3 is 2.35 bits per heavy atom. The van der Waals surface area contributed by atoms with E-state index in [-0.39, 0.29) is 11.0 Å². The van der Waals surface area contributed by atoms with Crippen molar-refractivity contribution >= 4 is 0 Å². The van der Waals surface area contributed by atoms with E-state index in [1.807, 2.05) is 0 Å². The molecule has 0 aliphatic carbocycles. The van der Waals surface area contributed by atoms with Gasteiger partial charge in [0.25, 0.3) is 0 Å². The van der Waals surface area contributed by atoms with Gasteiger partial charge in [0.15, 0.2) is 0 Å². The van der Waals surface area contributed by atoms with Crippen LogP contribution in [0.5, 0.6) is 0 Å². The molecule has 1 heterocycles. The van der Waals surface area contributed by atoms with Gasteiger partial charge in [-0.15, -0.1) is 0 Å². The molecule has 0 bridgehead atoms. The second kappa shape index (κ2) is 8.37. The maximum Gasteiger partial charge on any atom is 0.0641 e. The minimum Gasteiger partial charge on any atom is -0.375 e. The van der Waals surface area contributed by atoms with Crippen molar-refractivity contribution in [3.8, 4) is 0 Å². The van der Waals surface area contributed by atoms with Crippen molar-refractivity contribution in [1.29, 1.82) is 0 Å². The Morgan fingerprint density at radius 2 is 1.69 bits per heavy atom. The summed E-state index contributed by atoms with van der Waals surface area (Å²) >= 11 is 0. The summed E-state index contributed by atoms with van der Waals surface area (Å²) in [4.78, 5) is 0. The van der Waals surface area contributed by atoms with E-state index in [4.69, 9.17) is 4.74 Å². The normalized spacial score (nSPS) is 21.9. The predicted molar refractivity (Wildman–Crippen MR) is 110 cm³/mol. The second-order valence-corrected chi connectivity index (χ2v) is 8.59. The summed E-state index contributed by atoms with van der Waals surface area (Å²) in [5, 5.41) is 3.81. The minimum absolute atomic E-state index is 0.00267. The lowest BCUT2D eigenvalue weighted by Gasteiger charge is -2.37. The average Bonchev–Trinajstić information content (AvgIpc) is 2.62. The van der Waals surface area contributed by atoms with Gasteiger partial charge < -0.3 is 10.1 Å². The highest BCUT2D eigenvalue weighted by molar-refractivity contribution is 5.29. The summed E-state index contributed by atoms with van der Waals surface area (Å²) in [6.07, 6.45) is 4.40. The Kier molecular flexibility index (Phi) is 6.16. The van der Waals surface area contributed by atoms with Crippen molar-refractivity contribution < 1.29 is 4.74 Å². The number of rotatable bonds is 7. The Morgan fingerprint density at radius 1 is 1.04 bits per heavy atom. The van der Waals surface area contributed by atoms with Crippen molar-refractivity contribution in [2.75, 3.05) is 13.2 Å². The molecule has 0 radical (unpaired) electrons. The molecule has 2 aromatic carbocycles. The first-order valence-corrected chi connectivity index (χ1v) is 9.94. The number of benzene rings is 2. The third-order valence-corrected chi connectivity index (χ3v) is 5.71. The lowest BCUT2D eigenvalue weighted by molar-refractivity contribution is -0.0629. The number of hydrogen-bond donors (Lipinski definition) is 1. The molecule has 0 aromatic heterocycles. The van der Waals surface area contributed by atoms with Gasteiger partial charge in [-0.25, -0.2) is 0 Å². The van der Waals surface area contributed by atoms with Crippen LogP contribution in [-0.2, 0) is 16.6 Å². The molecule has 2 atom stereocenters. The molecule has 0 unspecified atom stereocenters. The molecule has 2 aromatic rings. The zero-order valence-corrected chi connectivity index (χ0v) is 16.5. The van der Waals surface area contributed by atoms with Crippen molar-refractivity contribution in [2.24, 2.45) is 0 Å². The molecule has 140 valence electrons. The van der Waals surface area contributed by atoms with E-state index in [1.54, 1.807) is 0 Å². The summed E-state index contributed by atoms with van der Waals surface area (Å²) in [7, 11) is 0. The van der Waals surface area contributed by atoms with Crippen molar-refractivity contribution in [1.82, 2.24) is 5.32 Å². The third-order valence-electron chi connectivity index (χ3n) is 5.71. The van der Waals surface area contributed by atoms with E-state index >= 15 is 0 Å². The molecule has 26 heavy (non-hydrogen) atoms. The third kappa shape index (κ3) is 5.18. The van der Waals surface area contributed by atoms with Gasteiger partial charge in [-0.2, -0.15) is 0 Å². The van der Waals surface area contributed by atoms with Crippen molar-refractivity contribution in [3.05, 3.63) is 71.8 Å². The Hall–Kier alpha value is -1.64. The molecular weight excluding hydrogens is 318 g/mol. The summed E-state index contributed by atoms with van der Waals surface area (Å²) < 4.78 is 5.85. The SMILES string of the molecule is CC1(C)C[C@H](NCC[C@@](C)(Cc2ccccc2)c2ccccc2)CCO1. The molecule has 1 aliphatic heterocycles. The van der Waals surface area contributed by atoms with Gasteiger partial charge in [0.1, 0.15) is 0 Å². The highest BCUT2D eigenvalue weighted by Gasteiger charge is 2.30. The predicted octanol–water partition coefficient (Wildman–Crippen LogP) is 5.12. The fourth-order valence-corrected chi connectivity index (χ4v) is 4.18. The first kappa shape index (κ1) is 19.1. The van der Waals surface area contributed by atoms with Crippen LogP contribution in [0.3, 0.4) is 0 Å². The van der Waals surface area contributed by atoms with Gasteiger partial charge in [0, 0.05) is 12.6 Å². The van der Waals surface area contributed by atoms with E-state index in [2.05, 4.69) is 86.8 Å². The maximum atomic E-state index is 5.85. The van der Waals surface area contributed by atoms with Crippen LogP contribution in [0, 0.1) is 0 Å². The lowest BCUT2D eigenvalue weighted by Crippen LogP contribution is -2.44. The van der Waals surface area contributed by atoms with Gasteiger partial charge in [0.2, 0.25) is 0 Å². The van der Waals surface area contributed by atoms with E-state index in [0.29, 0.717) is 6.04 Å². The van der Waals surface area contributed by atoms with Crippen LogP contribution in [0.25, 0.3) is 0 Å². The molecule has 0 amide bonds. The first-order chi connectivity index (χ1) is 12.5. The largest absolute Gasteiger partial charge is 0.375 e. The average molecular weight is 352 g/mol. The Bertz CT molecular complexity index is 667. The molecule has 1 fully saturated rings. The summed E-state index contributed by atoms with van der Waals surface area (Å²) in [5.74, 6) is 0. The van der Waals surface area contributed by atoms with Gasteiger partial charge >= 0.3 is 0 Å². The van der Waals surface area contributed by atoms with Crippen LogP contribution in [-0.4, -0.2) is 24.8 Å². The van der Waals surface area contributed by atoms with Gasteiger partial charge in [-0.1, -0.05) is 67.6 Å². The van der Waals surface area contributed by atoms with Gasteiger partial charge in [-0.3, -0.25) is 0 Å². The summed E-state index contributed by atoms with van der Waals surface area (Å²) in [6, 6.07) is 22.4.